The lowest BCUT2D eigenvalue weighted by atomic mass is 9.98. The molecular formula is C83H93N5O14Si. The van der Waals surface area contributed by atoms with Crippen molar-refractivity contribution < 1.29 is 67.2 Å². The standard InChI is InChI=1S/C33H40N2O5Si.C30H32N2O5.C20H21NO4/c1-34(33(38)39-23-29-27-18-11-9-16-25(27)26-17-10-12-19-28(26)29)21-13-20-31(36)35(2)30(32(37)40-41(3,4)5)22-24-14-7-6-8-15-24;1-31(18-10-17-28(33)32(2)27(29(34)35)19-21-11-4-3-5-12-21)30(36)37-20-26-24-15-8-6-13-22(24)23-14-7-9-16-25(23)26;1-21(12-6-11-19(22)23)20(24)25-13-18-16-9-4-2-7-14(16)15-8-3-5-10-17(15)18/h6-12,14-19,29-30H,13,20-23H2,1-5H3;3-9,11-16,26-27H,10,17-20H2,1-2H3,(H,34,35);2-5,7-10,18H,6,11-13H2,1H3,(H,22,23)/t30-;27-;/m00./s1. The lowest BCUT2D eigenvalue weighted by molar-refractivity contribution is -0.149. The van der Waals surface area contributed by atoms with E-state index in [9.17, 15) is 43.5 Å². The number of carboxylic acids is 2. The molecule has 0 fully saturated rings. The molecule has 0 unspecified atom stereocenters. The van der Waals surface area contributed by atoms with Crippen molar-refractivity contribution in [1.29, 1.82) is 0 Å². The van der Waals surface area contributed by atoms with Crippen molar-refractivity contribution >= 4 is 56.3 Å². The van der Waals surface area contributed by atoms with Crippen LogP contribution in [-0.2, 0) is 55.5 Å². The molecule has 8 aromatic rings. The van der Waals surface area contributed by atoms with Gasteiger partial charge in [0.25, 0.3) is 0 Å². The molecule has 0 aliphatic heterocycles. The van der Waals surface area contributed by atoms with Gasteiger partial charge in [-0.3, -0.25) is 19.2 Å². The molecule has 0 saturated heterocycles. The number of nitrogens with zero attached hydrogens (tertiary/aromatic N) is 5. The Kier molecular flexibility index (Phi) is 26.8. The summed E-state index contributed by atoms with van der Waals surface area (Å²) in [6.07, 6.45) is 0.961. The van der Waals surface area contributed by atoms with Crippen LogP contribution < -0.4 is 0 Å². The van der Waals surface area contributed by atoms with Crippen LogP contribution in [0.2, 0.25) is 19.6 Å². The normalized spacial score (nSPS) is 12.8. The second-order valence-corrected chi connectivity index (χ2v) is 31.6. The van der Waals surface area contributed by atoms with Gasteiger partial charge in [-0.15, -0.1) is 0 Å². The molecule has 8 aromatic carbocycles. The Morgan fingerprint density at radius 1 is 0.369 bits per heavy atom. The zero-order chi connectivity index (χ0) is 73.7. The van der Waals surface area contributed by atoms with Gasteiger partial charge in [-0.2, -0.15) is 0 Å². The number of amides is 5. The minimum atomic E-state index is -2.14. The largest absolute Gasteiger partial charge is 0.518 e. The summed E-state index contributed by atoms with van der Waals surface area (Å²) >= 11 is 0. The number of aliphatic carboxylic acids is 2. The molecule has 2 N–H and O–H groups in total. The van der Waals surface area contributed by atoms with Gasteiger partial charge in [0.15, 0.2) is 0 Å². The van der Waals surface area contributed by atoms with Gasteiger partial charge in [0.05, 0.1) is 0 Å². The zero-order valence-corrected chi connectivity index (χ0v) is 60.9. The molecule has 5 amide bonds. The summed E-state index contributed by atoms with van der Waals surface area (Å²) in [7, 11) is 5.97. The second-order valence-electron chi connectivity index (χ2n) is 27.2. The predicted octanol–water partition coefficient (Wildman–Crippen LogP) is 14.6. The molecule has 0 heterocycles. The third-order valence-corrected chi connectivity index (χ3v) is 19.6. The molecular weight excluding hydrogens is 1320 g/mol. The van der Waals surface area contributed by atoms with Crippen LogP contribution in [-0.4, -0.2) is 178 Å². The first-order chi connectivity index (χ1) is 49.5. The van der Waals surface area contributed by atoms with Crippen LogP contribution >= 0.6 is 0 Å². The first-order valence-electron chi connectivity index (χ1n) is 34.9. The van der Waals surface area contributed by atoms with E-state index in [1.807, 2.05) is 153 Å². The van der Waals surface area contributed by atoms with Crippen LogP contribution in [0.25, 0.3) is 33.4 Å². The number of ether oxygens (including phenoxy) is 3. The van der Waals surface area contributed by atoms with E-state index in [-0.39, 0.29) is 81.0 Å². The number of likely N-dealkylation sites (N-methyl/N-ethyl adjacent to an activating group) is 2. The van der Waals surface area contributed by atoms with Crippen molar-refractivity contribution in [3.63, 3.8) is 0 Å². The number of fused-ring (bicyclic) bond motifs is 9. The number of hydrogen-bond donors (Lipinski definition) is 2. The number of carbonyl (C=O) groups excluding carboxylic acids is 6. The van der Waals surface area contributed by atoms with E-state index < -0.39 is 50.6 Å². The van der Waals surface area contributed by atoms with Gasteiger partial charge in [0.1, 0.15) is 31.9 Å². The average Bonchev–Trinajstić information content (AvgIpc) is 1.63. The van der Waals surface area contributed by atoms with Crippen LogP contribution in [0.5, 0.6) is 0 Å². The number of hydrogen-bond acceptors (Lipinski definition) is 12. The number of carboxylic acid groups (broad SMARTS) is 2. The highest BCUT2D eigenvalue weighted by atomic mass is 28.4. The number of carbonyl (C=O) groups is 8. The monoisotopic (exact) mass is 1410 g/mol. The van der Waals surface area contributed by atoms with E-state index in [2.05, 4.69) is 72.8 Å². The maximum absolute atomic E-state index is 13.1. The van der Waals surface area contributed by atoms with Crippen LogP contribution in [0.1, 0.15) is 101 Å². The average molecular weight is 1410 g/mol. The molecule has 3 aliphatic carbocycles. The maximum Gasteiger partial charge on any atom is 0.409 e. The van der Waals surface area contributed by atoms with E-state index in [1.54, 1.807) is 28.2 Å². The topological polar surface area (TPSA) is 230 Å². The summed E-state index contributed by atoms with van der Waals surface area (Å²) in [6.45, 7) is 7.66. The molecule has 19 nitrogen and oxygen atoms in total. The summed E-state index contributed by atoms with van der Waals surface area (Å²) in [5, 5.41) is 18.3. The Morgan fingerprint density at radius 2 is 0.631 bits per heavy atom. The van der Waals surface area contributed by atoms with Gasteiger partial charge >= 0.3 is 36.2 Å². The van der Waals surface area contributed by atoms with Gasteiger partial charge in [0, 0.05) is 105 Å². The minimum absolute atomic E-state index is 0.00700. The van der Waals surface area contributed by atoms with Crippen molar-refractivity contribution in [2.24, 2.45) is 0 Å². The van der Waals surface area contributed by atoms with Crippen molar-refractivity contribution in [3.05, 3.63) is 251 Å². The predicted molar refractivity (Wildman–Crippen MR) is 399 cm³/mol. The van der Waals surface area contributed by atoms with E-state index >= 15 is 0 Å². The van der Waals surface area contributed by atoms with E-state index in [0.717, 1.165) is 33.4 Å². The van der Waals surface area contributed by atoms with Gasteiger partial charge < -0.3 is 53.3 Å². The molecule has 0 bridgehead atoms. The Balaban J connectivity index is 0.000000184. The van der Waals surface area contributed by atoms with Gasteiger partial charge in [0.2, 0.25) is 20.1 Å². The van der Waals surface area contributed by atoms with E-state index in [0.29, 0.717) is 45.3 Å². The van der Waals surface area contributed by atoms with E-state index in [1.165, 1.54) is 76.1 Å². The Labute approximate surface area is 604 Å². The van der Waals surface area contributed by atoms with Gasteiger partial charge in [-0.05, 0) is 117 Å². The summed E-state index contributed by atoms with van der Waals surface area (Å²) in [5.74, 6) is -2.71. The molecule has 0 saturated carbocycles. The quantitative estimate of drug-likeness (QED) is 0.0360. The van der Waals surface area contributed by atoms with Gasteiger partial charge in [-0.1, -0.05) is 206 Å². The smallest absolute Gasteiger partial charge is 0.409 e. The molecule has 11 rings (SSSR count). The third-order valence-electron chi connectivity index (χ3n) is 18.8. The lowest BCUT2D eigenvalue weighted by Gasteiger charge is -2.30. The van der Waals surface area contributed by atoms with E-state index in [4.69, 9.17) is 23.7 Å². The fourth-order valence-electron chi connectivity index (χ4n) is 13.3. The summed E-state index contributed by atoms with van der Waals surface area (Å²) in [4.78, 5) is 106. The Hall–Kier alpha value is -10.9. The third kappa shape index (κ3) is 20.2. The first kappa shape index (κ1) is 76.3. The number of benzene rings is 8. The maximum atomic E-state index is 13.1. The molecule has 0 spiro atoms. The fraction of sp³-hybridized carbons (Fsp3) is 0.325. The van der Waals surface area contributed by atoms with Gasteiger partial charge in [-0.25, -0.2) is 19.2 Å². The molecule has 538 valence electrons. The summed E-state index contributed by atoms with van der Waals surface area (Å²) < 4.78 is 22.6. The molecule has 20 heteroatoms. The molecule has 0 radical (unpaired) electrons. The molecule has 2 atom stereocenters. The highest BCUT2D eigenvalue weighted by molar-refractivity contribution is 6.71. The lowest BCUT2D eigenvalue weighted by Crippen LogP contribution is -2.47. The Bertz CT molecular complexity index is 4120. The highest BCUT2D eigenvalue weighted by Gasteiger charge is 2.35. The zero-order valence-electron chi connectivity index (χ0n) is 59.9. The first-order valence-corrected chi connectivity index (χ1v) is 38.3. The minimum Gasteiger partial charge on any atom is -0.518 e. The SMILES string of the molecule is CN(CCCC(=O)N(C)[C@@H](Cc1ccccc1)C(=O)O)C(=O)OCC1c2ccccc2-c2ccccc21.CN(CCCC(=O)N(C)[C@@H](Cc1ccccc1)C(=O)O[Si](C)(C)C)C(=O)OCC1c2ccccc2-c2ccccc21.CN(CCCC(=O)O)C(=O)OCC1c2ccccc2-c2ccccc21. The molecule has 0 aromatic heterocycles. The second kappa shape index (κ2) is 36.1. The highest BCUT2D eigenvalue weighted by Crippen LogP contribution is 2.47. The molecule has 3 aliphatic rings. The fourth-order valence-corrected chi connectivity index (χ4v) is 14.0. The van der Waals surface area contributed by atoms with Crippen LogP contribution in [0.4, 0.5) is 14.4 Å². The van der Waals surface area contributed by atoms with Crippen molar-refractivity contribution in [3.8, 4) is 33.4 Å². The number of rotatable bonds is 27. The summed E-state index contributed by atoms with van der Waals surface area (Å²) in [5.41, 5.74) is 15.9. The summed E-state index contributed by atoms with van der Waals surface area (Å²) in [6, 6.07) is 66.3. The Morgan fingerprint density at radius 3 is 0.913 bits per heavy atom. The van der Waals surface area contributed by atoms with Crippen LogP contribution in [0.3, 0.4) is 0 Å². The van der Waals surface area contributed by atoms with Crippen LogP contribution in [0.15, 0.2) is 206 Å². The van der Waals surface area contributed by atoms with Crippen molar-refractivity contribution in [2.75, 3.05) is 74.7 Å². The van der Waals surface area contributed by atoms with Crippen molar-refractivity contribution in [1.82, 2.24) is 24.5 Å². The molecule has 103 heavy (non-hydrogen) atoms. The van der Waals surface area contributed by atoms with Crippen LogP contribution in [0, 0.1) is 0 Å². The van der Waals surface area contributed by atoms with Crippen molar-refractivity contribution in [2.45, 2.75) is 101 Å².